The average Bonchev–Trinajstić information content (AvgIpc) is 3.14. The standard InChI is InChI=1S/C17H29F2N7O4/c1-12(23-27)15(2,3)21-10-17(18,19)11-22-16(4,5)13(24-28)6-8-25-9-7-20-14(25)26(29)30/h7,9,21-22,27-28H,6,8,10-11H2,1-5H3/b23-12+,24-13+. The van der Waals surface area contributed by atoms with Crippen molar-refractivity contribution in [2.45, 2.75) is 64.6 Å². The average molecular weight is 433 g/mol. The summed E-state index contributed by atoms with van der Waals surface area (Å²) in [5.74, 6) is -3.52. The highest BCUT2D eigenvalue weighted by Gasteiger charge is 2.36. The zero-order chi connectivity index (χ0) is 23.2. The molecule has 0 radical (unpaired) electrons. The first-order chi connectivity index (χ1) is 13.8. The summed E-state index contributed by atoms with van der Waals surface area (Å²) in [4.78, 5) is 13.9. The molecule has 0 bridgehead atoms. The molecule has 0 saturated heterocycles. The number of rotatable bonds is 12. The third kappa shape index (κ3) is 6.99. The van der Waals surface area contributed by atoms with E-state index in [0.29, 0.717) is 0 Å². The van der Waals surface area contributed by atoms with E-state index in [9.17, 15) is 24.1 Å². The van der Waals surface area contributed by atoms with Gasteiger partial charge >= 0.3 is 5.95 Å². The summed E-state index contributed by atoms with van der Waals surface area (Å²) >= 11 is 0. The Balaban J connectivity index is 2.70. The molecule has 0 amide bonds. The van der Waals surface area contributed by atoms with E-state index in [1.54, 1.807) is 27.7 Å². The number of nitrogens with one attached hydrogen (secondary N) is 2. The summed E-state index contributed by atoms with van der Waals surface area (Å²) in [7, 11) is 0. The first-order valence-electron chi connectivity index (χ1n) is 9.19. The van der Waals surface area contributed by atoms with Crippen LogP contribution in [0.4, 0.5) is 14.7 Å². The SMILES string of the molecule is C/C(=N\O)C(C)(C)NCC(F)(F)CNC(C)(C)/C(CCn1ccnc1[N+](=O)[O-])=N/O. The fourth-order valence-corrected chi connectivity index (χ4v) is 2.48. The molecule has 0 aliphatic carbocycles. The molecule has 0 unspecified atom stereocenters. The maximum atomic E-state index is 14.4. The highest BCUT2D eigenvalue weighted by Crippen LogP contribution is 2.18. The van der Waals surface area contributed by atoms with Crippen molar-refractivity contribution in [2.75, 3.05) is 13.1 Å². The lowest BCUT2D eigenvalue weighted by atomic mass is 9.95. The van der Waals surface area contributed by atoms with Crippen molar-refractivity contribution in [1.82, 2.24) is 20.2 Å². The zero-order valence-electron chi connectivity index (χ0n) is 17.7. The molecule has 1 aromatic heterocycles. The van der Waals surface area contributed by atoms with Crippen LogP contribution in [0.1, 0.15) is 41.0 Å². The summed E-state index contributed by atoms with van der Waals surface area (Å²) in [6.07, 6.45) is 2.76. The number of aromatic nitrogens is 2. The maximum absolute atomic E-state index is 14.4. The topological polar surface area (TPSA) is 150 Å². The Labute approximate surface area is 173 Å². The predicted molar refractivity (Wildman–Crippen MR) is 107 cm³/mol. The highest BCUT2D eigenvalue weighted by atomic mass is 19.3. The number of alkyl halides is 2. The number of oxime groups is 2. The molecule has 1 heterocycles. The van der Waals surface area contributed by atoms with E-state index in [0.717, 1.165) is 0 Å². The number of aryl methyl sites for hydroxylation is 1. The van der Waals surface area contributed by atoms with Gasteiger partial charge in [0.15, 0.2) is 0 Å². The van der Waals surface area contributed by atoms with Gasteiger partial charge in [-0.15, -0.1) is 0 Å². The Hall–Kier alpha value is -2.67. The summed E-state index contributed by atoms with van der Waals surface area (Å²) in [6, 6.07) is 0. The molecule has 0 saturated carbocycles. The summed E-state index contributed by atoms with van der Waals surface area (Å²) in [6.45, 7) is 6.57. The number of nitrogens with zero attached hydrogens (tertiary/aromatic N) is 5. The maximum Gasteiger partial charge on any atom is 0.434 e. The Kier molecular flexibility index (Phi) is 8.36. The van der Waals surface area contributed by atoms with Gasteiger partial charge in [-0.1, -0.05) is 15.3 Å². The number of imidazole rings is 1. The molecule has 11 nitrogen and oxygen atoms in total. The van der Waals surface area contributed by atoms with Crippen LogP contribution in [-0.2, 0) is 6.54 Å². The van der Waals surface area contributed by atoms with Crippen molar-refractivity contribution < 1.29 is 24.1 Å². The molecular weight excluding hydrogens is 404 g/mol. The van der Waals surface area contributed by atoms with E-state index in [4.69, 9.17) is 5.21 Å². The van der Waals surface area contributed by atoms with Crippen LogP contribution in [-0.4, -0.2) is 66.4 Å². The van der Waals surface area contributed by atoms with Crippen LogP contribution in [0.25, 0.3) is 0 Å². The predicted octanol–water partition coefficient (Wildman–Crippen LogP) is 2.23. The van der Waals surface area contributed by atoms with Crippen molar-refractivity contribution >= 4 is 17.4 Å². The number of nitro groups is 1. The van der Waals surface area contributed by atoms with Crippen molar-refractivity contribution in [1.29, 1.82) is 0 Å². The van der Waals surface area contributed by atoms with Gasteiger partial charge in [-0.3, -0.25) is 0 Å². The van der Waals surface area contributed by atoms with E-state index in [1.165, 1.54) is 23.9 Å². The molecule has 1 rings (SSSR count). The van der Waals surface area contributed by atoms with E-state index in [2.05, 4.69) is 25.9 Å². The summed E-state index contributed by atoms with van der Waals surface area (Å²) in [5.41, 5.74) is -1.62. The van der Waals surface area contributed by atoms with Crippen LogP contribution < -0.4 is 10.6 Å². The Bertz CT molecular complexity index is 791. The second-order valence-corrected chi connectivity index (χ2v) is 7.97. The molecule has 0 aliphatic rings. The molecule has 13 heteroatoms. The van der Waals surface area contributed by atoms with E-state index in [-0.39, 0.29) is 30.3 Å². The molecule has 0 aromatic carbocycles. The molecule has 30 heavy (non-hydrogen) atoms. The van der Waals surface area contributed by atoms with Crippen LogP contribution in [0.15, 0.2) is 22.7 Å². The van der Waals surface area contributed by atoms with Crippen molar-refractivity contribution in [3.63, 3.8) is 0 Å². The fraction of sp³-hybridized carbons (Fsp3) is 0.706. The van der Waals surface area contributed by atoms with Crippen LogP contribution in [0.3, 0.4) is 0 Å². The van der Waals surface area contributed by atoms with Gasteiger partial charge in [-0.05, 0) is 39.5 Å². The van der Waals surface area contributed by atoms with E-state index >= 15 is 0 Å². The minimum Gasteiger partial charge on any atom is -0.411 e. The Morgan fingerprint density at radius 1 is 1.20 bits per heavy atom. The van der Waals surface area contributed by atoms with Gasteiger partial charge in [0, 0.05) is 6.42 Å². The van der Waals surface area contributed by atoms with E-state index < -0.39 is 35.0 Å². The molecule has 4 N–H and O–H groups in total. The molecule has 0 atom stereocenters. The van der Waals surface area contributed by atoms with Crippen molar-refractivity contribution in [2.24, 2.45) is 10.3 Å². The Morgan fingerprint density at radius 3 is 2.27 bits per heavy atom. The van der Waals surface area contributed by atoms with Crippen molar-refractivity contribution in [3.8, 4) is 0 Å². The fourth-order valence-electron chi connectivity index (χ4n) is 2.48. The van der Waals surface area contributed by atoms with Gasteiger partial charge in [-0.25, -0.2) is 13.3 Å². The third-order valence-electron chi connectivity index (χ3n) is 4.92. The monoisotopic (exact) mass is 433 g/mol. The quantitative estimate of drug-likeness (QED) is 0.171. The van der Waals surface area contributed by atoms with Gasteiger partial charge in [0.1, 0.15) is 12.4 Å². The zero-order valence-corrected chi connectivity index (χ0v) is 17.7. The normalized spacial score (nSPS) is 14.2. The highest BCUT2D eigenvalue weighted by molar-refractivity contribution is 5.92. The molecule has 0 aliphatic heterocycles. The van der Waals surface area contributed by atoms with Crippen molar-refractivity contribution in [3.05, 3.63) is 22.5 Å². The summed E-state index contributed by atoms with van der Waals surface area (Å²) < 4.78 is 30.0. The van der Waals surface area contributed by atoms with Gasteiger partial charge < -0.3 is 31.2 Å². The van der Waals surface area contributed by atoms with Gasteiger partial charge in [0.2, 0.25) is 0 Å². The van der Waals surface area contributed by atoms with Gasteiger partial charge in [0.05, 0.1) is 42.1 Å². The van der Waals surface area contributed by atoms with Crippen LogP contribution >= 0.6 is 0 Å². The van der Waals surface area contributed by atoms with Crippen LogP contribution in [0, 0.1) is 10.1 Å². The molecule has 0 spiro atoms. The van der Waals surface area contributed by atoms with Gasteiger partial charge in [-0.2, -0.15) is 0 Å². The lowest BCUT2D eigenvalue weighted by Crippen LogP contribution is -2.56. The Morgan fingerprint density at radius 2 is 1.77 bits per heavy atom. The smallest absolute Gasteiger partial charge is 0.411 e. The number of hydrogen-bond acceptors (Lipinski definition) is 9. The van der Waals surface area contributed by atoms with Crippen LogP contribution in [0.2, 0.25) is 0 Å². The summed E-state index contributed by atoms with van der Waals surface area (Å²) in [5, 5.41) is 40.7. The third-order valence-corrected chi connectivity index (χ3v) is 4.92. The number of hydrogen-bond donors (Lipinski definition) is 4. The number of halogens is 2. The minimum atomic E-state index is -3.16. The van der Waals surface area contributed by atoms with Crippen LogP contribution in [0.5, 0.6) is 0 Å². The second kappa shape index (κ2) is 9.89. The second-order valence-electron chi connectivity index (χ2n) is 7.97. The molecular formula is C17H29F2N7O4. The first-order valence-corrected chi connectivity index (χ1v) is 9.19. The molecule has 1 aromatic rings. The lowest BCUT2D eigenvalue weighted by molar-refractivity contribution is -0.396. The lowest BCUT2D eigenvalue weighted by Gasteiger charge is -2.32. The largest absolute Gasteiger partial charge is 0.434 e. The van der Waals surface area contributed by atoms with Gasteiger partial charge in [0.25, 0.3) is 5.92 Å². The minimum absolute atomic E-state index is 0.0801. The molecule has 0 fully saturated rings. The van der Waals surface area contributed by atoms with E-state index in [1.807, 2.05) is 0 Å². The molecule has 170 valence electrons. The first kappa shape index (κ1) is 25.4.